The highest BCUT2D eigenvalue weighted by Gasteiger charge is 2.13. The van der Waals surface area contributed by atoms with Crippen LogP contribution in [0.2, 0.25) is 0 Å². The molecule has 0 heterocycles. The summed E-state index contributed by atoms with van der Waals surface area (Å²) in [6, 6.07) is 8.85. The Hall–Kier alpha value is -1.30. The third-order valence-corrected chi connectivity index (χ3v) is 3.21. The lowest BCUT2D eigenvalue weighted by molar-refractivity contribution is 0.475. The van der Waals surface area contributed by atoms with Gasteiger partial charge in [-0.25, -0.2) is 0 Å². The molecule has 18 heavy (non-hydrogen) atoms. The van der Waals surface area contributed by atoms with Gasteiger partial charge in [-0.05, 0) is 24.0 Å². The molecule has 2 unspecified atom stereocenters. The van der Waals surface area contributed by atoms with Crippen molar-refractivity contribution in [2.24, 2.45) is 5.73 Å². The molecule has 0 aliphatic rings. The van der Waals surface area contributed by atoms with E-state index >= 15 is 0 Å². The molecular weight excluding hydrogens is 220 g/mol. The van der Waals surface area contributed by atoms with Gasteiger partial charge in [0.25, 0.3) is 0 Å². The van der Waals surface area contributed by atoms with Crippen LogP contribution in [0.4, 0.5) is 0 Å². The van der Waals surface area contributed by atoms with E-state index in [0.29, 0.717) is 6.54 Å². The van der Waals surface area contributed by atoms with Gasteiger partial charge in [-0.1, -0.05) is 50.5 Å². The minimum Gasteiger partial charge on any atom is -0.329 e. The molecule has 1 aromatic rings. The Morgan fingerprint density at radius 1 is 1.28 bits per heavy atom. The van der Waals surface area contributed by atoms with Crippen LogP contribution in [-0.2, 0) is 6.42 Å². The normalized spacial score (nSPS) is 13.9. The molecule has 0 spiro atoms. The van der Waals surface area contributed by atoms with Crippen molar-refractivity contribution < 1.29 is 0 Å². The predicted octanol–water partition coefficient (Wildman–Crippen LogP) is 2.64. The summed E-state index contributed by atoms with van der Waals surface area (Å²) in [4.78, 5) is 0. The number of aryl methyl sites for hydroxylation is 1. The van der Waals surface area contributed by atoms with Gasteiger partial charge >= 0.3 is 0 Å². The van der Waals surface area contributed by atoms with Crippen LogP contribution in [0.3, 0.4) is 0 Å². The molecule has 0 aromatic heterocycles. The third-order valence-electron chi connectivity index (χ3n) is 3.21. The summed E-state index contributed by atoms with van der Waals surface area (Å²) < 4.78 is 0. The standard InChI is InChI=1S/C16H24N2/c1-4-7-15(6-3)18-16(12-17)14-10-8-13(5-2)9-11-14/h3,8-11,15-16,18H,4-5,7,12,17H2,1-2H3. The molecule has 0 saturated carbocycles. The maximum Gasteiger partial charge on any atom is 0.0692 e. The van der Waals surface area contributed by atoms with Crippen molar-refractivity contribution in [1.82, 2.24) is 5.32 Å². The Balaban J connectivity index is 2.72. The second-order valence-corrected chi connectivity index (χ2v) is 4.56. The SMILES string of the molecule is C#CC(CCC)NC(CN)c1ccc(CC)cc1. The lowest BCUT2D eigenvalue weighted by atomic mass is 10.0. The van der Waals surface area contributed by atoms with Crippen molar-refractivity contribution in [3.63, 3.8) is 0 Å². The third kappa shape index (κ3) is 4.18. The van der Waals surface area contributed by atoms with Crippen LogP contribution >= 0.6 is 0 Å². The van der Waals surface area contributed by atoms with Crippen molar-refractivity contribution >= 4 is 0 Å². The molecule has 0 radical (unpaired) electrons. The summed E-state index contributed by atoms with van der Waals surface area (Å²) in [6.07, 6.45) is 8.66. The van der Waals surface area contributed by atoms with Crippen LogP contribution in [-0.4, -0.2) is 12.6 Å². The second kappa shape index (κ2) is 7.92. The van der Waals surface area contributed by atoms with Crippen LogP contribution in [0.1, 0.15) is 43.9 Å². The summed E-state index contributed by atoms with van der Waals surface area (Å²) in [5.74, 6) is 2.79. The minimum atomic E-state index is 0.106. The number of nitrogens with one attached hydrogen (secondary N) is 1. The molecule has 2 nitrogen and oxygen atoms in total. The summed E-state index contributed by atoms with van der Waals surface area (Å²) in [5.41, 5.74) is 8.40. The lowest BCUT2D eigenvalue weighted by Crippen LogP contribution is -2.35. The largest absolute Gasteiger partial charge is 0.329 e. The zero-order chi connectivity index (χ0) is 13.4. The van der Waals surface area contributed by atoms with Gasteiger partial charge in [-0.15, -0.1) is 6.42 Å². The van der Waals surface area contributed by atoms with E-state index in [1.54, 1.807) is 0 Å². The fourth-order valence-corrected chi connectivity index (χ4v) is 2.03. The van der Waals surface area contributed by atoms with E-state index in [0.717, 1.165) is 19.3 Å². The van der Waals surface area contributed by atoms with Crippen molar-refractivity contribution in [2.75, 3.05) is 6.54 Å². The maximum absolute atomic E-state index is 5.84. The van der Waals surface area contributed by atoms with Gasteiger partial charge in [0.05, 0.1) is 6.04 Å². The first-order valence-electron chi connectivity index (χ1n) is 6.76. The maximum atomic E-state index is 5.84. The number of hydrogen-bond donors (Lipinski definition) is 2. The zero-order valence-corrected chi connectivity index (χ0v) is 11.4. The Morgan fingerprint density at radius 3 is 2.39 bits per heavy atom. The monoisotopic (exact) mass is 244 g/mol. The predicted molar refractivity (Wildman–Crippen MR) is 78.3 cm³/mol. The molecular formula is C16H24N2. The van der Waals surface area contributed by atoms with Gasteiger partial charge < -0.3 is 5.73 Å². The number of benzene rings is 1. The van der Waals surface area contributed by atoms with Crippen molar-refractivity contribution in [3.05, 3.63) is 35.4 Å². The highest BCUT2D eigenvalue weighted by Crippen LogP contribution is 2.15. The average Bonchev–Trinajstić information content (AvgIpc) is 2.43. The van der Waals surface area contributed by atoms with Gasteiger partial charge in [0.1, 0.15) is 0 Å². The van der Waals surface area contributed by atoms with E-state index < -0.39 is 0 Å². The minimum absolute atomic E-state index is 0.106. The van der Waals surface area contributed by atoms with Gasteiger partial charge in [-0.2, -0.15) is 0 Å². The molecule has 0 saturated heterocycles. The second-order valence-electron chi connectivity index (χ2n) is 4.56. The van der Waals surface area contributed by atoms with E-state index in [1.807, 2.05) is 0 Å². The van der Waals surface area contributed by atoms with Crippen LogP contribution in [0.15, 0.2) is 24.3 Å². The molecule has 1 rings (SSSR count). The molecule has 2 heteroatoms. The summed E-state index contributed by atoms with van der Waals surface area (Å²) in [6.45, 7) is 4.86. The van der Waals surface area contributed by atoms with Crippen molar-refractivity contribution in [1.29, 1.82) is 0 Å². The van der Waals surface area contributed by atoms with Crippen molar-refractivity contribution in [3.8, 4) is 12.3 Å². The highest BCUT2D eigenvalue weighted by atomic mass is 15.0. The fraction of sp³-hybridized carbons (Fsp3) is 0.500. The highest BCUT2D eigenvalue weighted by molar-refractivity contribution is 5.25. The van der Waals surface area contributed by atoms with Crippen molar-refractivity contribution in [2.45, 2.75) is 45.2 Å². The number of terminal acetylenes is 1. The first-order chi connectivity index (χ1) is 8.74. The van der Waals surface area contributed by atoms with E-state index in [4.69, 9.17) is 12.2 Å². The Labute approximate surface area is 111 Å². The van der Waals surface area contributed by atoms with Gasteiger partial charge in [0.2, 0.25) is 0 Å². The van der Waals surface area contributed by atoms with Gasteiger partial charge in [0.15, 0.2) is 0 Å². The Bertz CT molecular complexity index is 375. The molecule has 0 aliphatic carbocycles. The quantitative estimate of drug-likeness (QED) is 0.724. The molecule has 3 N–H and O–H groups in total. The van der Waals surface area contributed by atoms with E-state index in [-0.39, 0.29) is 12.1 Å². The number of hydrogen-bond acceptors (Lipinski definition) is 2. The summed E-state index contributed by atoms with van der Waals surface area (Å²) in [7, 11) is 0. The molecule has 1 aromatic carbocycles. The summed E-state index contributed by atoms with van der Waals surface area (Å²) in [5, 5.41) is 3.45. The van der Waals surface area contributed by atoms with Crippen LogP contribution in [0.5, 0.6) is 0 Å². The van der Waals surface area contributed by atoms with Crippen LogP contribution < -0.4 is 11.1 Å². The smallest absolute Gasteiger partial charge is 0.0692 e. The first kappa shape index (κ1) is 14.8. The Morgan fingerprint density at radius 2 is 1.94 bits per heavy atom. The number of nitrogens with two attached hydrogens (primary N) is 1. The number of rotatable bonds is 7. The van der Waals surface area contributed by atoms with E-state index in [1.165, 1.54) is 11.1 Å². The molecule has 0 bridgehead atoms. The molecule has 98 valence electrons. The summed E-state index contributed by atoms with van der Waals surface area (Å²) >= 11 is 0. The molecule has 0 fully saturated rings. The Kier molecular flexibility index (Phi) is 6.49. The zero-order valence-electron chi connectivity index (χ0n) is 11.4. The lowest BCUT2D eigenvalue weighted by Gasteiger charge is -2.22. The van der Waals surface area contributed by atoms with Gasteiger partial charge in [-0.3, -0.25) is 5.32 Å². The van der Waals surface area contributed by atoms with Crippen LogP contribution in [0.25, 0.3) is 0 Å². The fourth-order valence-electron chi connectivity index (χ4n) is 2.03. The van der Waals surface area contributed by atoms with Crippen LogP contribution in [0, 0.1) is 12.3 Å². The van der Waals surface area contributed by atoms with Gasteiger partial charge in [0, 0.05) is 12.6 Å². The first-order valence-corrected chi connectivity index (χ1v) is 6.76. The molecule has 0 aliphatic heterocycles. The molecule has 0 amide bonds. The molecule has 2 atom stereocenters. The topological polar surface area (TPSA) is 38.0 Å². The average molecular weight is 244 g/mol. The van der Waals surface area contributed by atoms with E-state index in [2.05, 4.69) is 49.4 Å². The van der Waals surface area contributed by atoms with E-state index in [9.17, 15) is 0 Å².